The van der Waals surface area contributed by atoms with Gasteiger partial charge in [-0.2, -0.15) is 0 Å². The van der Waals surface area contributed by atoms with Crippen molar-refractivity contribution >= 4 is 22.0 Å². The topological polar surface area (TPSA) is 52.3 Å². The number of benzene rings is 1. The molecule has 0 bridgehead atoms. The summed E-state index contributed by atoms with van der Waals surface area (Å²) in [4.78, 5) is 10.5. The van der Waals surface area contributed by atoms with Gasteiger partial charge in [-0.05, 0) is 40.0 Å². The van der Waals surface area contributed by atoms with Crippen LogP contribution in [0.1, 0.15) is 12.5 Å². The molecule has 0 saturated heterocycles. The van der Waals surface area contributed by atoms with Crippen molar-refractivity contribution < 1.29 is 9.53 Å². The first kappa shape index (κ1) is 10.1. The van der Waals surface area contributed by atoms with E-state index in [2.05, 4.69) is 22.9 Å². The lowest BCUT2D eigenvalue weighted by molar-refractivity contribution is 0.210. The fourth-order valence-electron chi connectivity index (χ4n) is 0.955. The number of primary amides is 1. The second kappa shape index (κ2) is 4.28. The third kappa shape index (κ3) is 2.73. The number of ether oxygens (including phenoxy) is 1. The largest absolute Gasteiger partial charge is 0.410 e. The highest BCUT2D eigenvalue weighted by Gasteiger charge is 2.04. The normalized spacial score (nSPS) is 9.69. The molecule has 2 N–H and O–H groups in total. The zero-order chi connectivity index (χ0) is 9.84. The van der Waals surface area contributed by atoms with E-state index in [4.69, 9.17) is 10.5 Å². The lowest BCUT2D eigenvalue weighted by Gasteiger charge is -2.04. The second-order valence-corrected chi connectivity index (χ2v) is 3.39. The Balaban J connectivity index is 2.91. The predicted octanol–water partition coefficient (Wildman–Crippen LogP) is 2.47. The van der Waals surface area contributed by atoms with Crippen LogP contribution in [0.4, 0.5) is 4.79 Å². The summed E-state index contributed by atoms with van der Waals surface area (Å²) in [5.74, 6) is 0.449. The number of rotatable bonds is 2. The van der Waals surface area contributed by atoms with Crippen molar-refractivity contribution in [2.45, 2.75) is 13.3 Å². The quantitative estimate of drug-likeness (QED) is 0.868. The number of aryl methyl sites for hydroxylation is 1. The summed E-state index contributed by atoms with van der Waals surface area (Å²) >= 11 is 3.28. The van der Waals surface area contributed by atoms with E-state index in [1.807, 2.05) is 12.1 Å². The van der Waals surface area contributed by atoms with E-state index < -0.39 is 6.09 Å². The predicted molar refractivity (Wildman–Crippen MR) is 53.7 cm³/mol. The lowest BCUT2D eigenvalue weighted by Crippen LogP contribution is -2.16. The van der Waals surface area contributed by atoms with Gasteiger partial charge in [0.2, 0.25) is 0 Å². The zero-order valence-corrected chi connectivity index (χ0v) is 8.80. The number of carbonyl (C=O) groups is 1. The van der Waals surface area contributed by atoms with Crippen LogP contribution in [0.2, 0.25) is 0 Å². The monoisotopic (exact) mass is 243 g/mol. The summed E-state index contributed by atoms with van der Waals surface area (Å²) in [7, 11) is 0. The first-order valence-corrected chi connectivity index (χ1v) is 4.68. The van der Waals surface area contributed by atoms with Gasteiger partial charge in [-0.15, -0.1) is 0 Å². The van der Waals surface area contributed by atoms with Crippen LogP contribution >= 0.6 is 15.9 Å². The molecular weight excluding hydrogens is 234 g/mol. The lowest BCUT2D eigenvalue weighted by atomic mass is 10.2. The van der Waals surface area contributed by atoms with Crippen molar-refractivity contribution in [2.75, 3.05) is 0 Å². The molecule has 1 rings (SSSR count). The fraction of sp³-hybridized carbons (Fsp3) is 0.222. The molecule has 1 aromatic carbocycles. The van der Waals surface area contributed by atoms with E-state index in [1.54, 1.807) is 6.07 Å². The molecule has 0 unspecified atom stereocenters. The Morgan fingerprint density at radius 2 is 2.31 bits per heavy atom. The molecule has 4 heteroatoms. The van der Waals surface area contributed by atoms with Crippen LogP contribution in [0.3, 0.4) is 0 Å². The van der Waals surface area contributed by atoms with Gasteiger partial charge >= 0.3 is 6.09 Å². The van der Waals surface area contributed by atoms with Gasteiger partial charge in [-0.1, -0.05) is 13.0 Å². The molecule has 1 aromatic rings. The number of carbonyl (C=O) groups excluding carboxylic acids is 1. The van der Waals surface area contributed by atoms with Crippen molar-refractivity contribution in [3.8, 4) is 5.75 Å². The minimum absolute atomic E-state index is 0.449. The molecular formula is C9H10BrNO2. The summed E-state index contributed by atoms with van der Waals surface area (Å²) in [6.07, 6.45) is 0.139. The van der Waals surface area contributed by atoms with Gasteiger partial charge in [0.05, 0.1) is 4.47 Å². The Labute approximate surface area is 85.0 Å². The summed E-state index contributed by atoms with van der Waals surface area (Å²) in [6.45, 7) is 2.05. The molecule has 0 fully saturated rings. The first-order chi connectivity index (χ1) is 6.13. The van der Waals surface area contributed by atoms with Gasteiger partial charge in [0.1, 0.15) is 5.75 Å². The minimum Gasteiger partial charge on any atom is -0.409 e. The SMILES string of the molecule is CCc1ccc(OC(N)=O)c(Br)c1. The second-order valence-electron chi connectivity index (χ2n) is 2.54. The third-order valence-electron chi connectivity index (χ3n) is 1.62. The Kier molecular flexibility index (Phi) is 3.31. The summed E-state index contributed by atoms with van der Waals surface area (Å²) in [5.41, 5.74) is 6.05. The average molecular weight is 244 g/mol. The molecule has 0 radical (unpaired) electrons. The molecule has 13 heavy (non-hydrogen) atoms. The maximum Gasteiger partial charge on any atom is 0.410 e. The molecule has 70 valence electrons. The number of hydrogen-bond donors (Lipinski definition) is 1. The van der Waals surface area contributed by atoms with Crippen LogP contribution in [0.5, 0.6) is 5.75 Å². The Morgan fingerprint density at radius 3 is 2.77 bits per heavy atom. The van der Waals surface area contributed by atoms with Crippen molar-refractivity contribution in [3.05, 3.63) is 28.2 Å². The van der Waals surface area contributed by atoms with Gasteiger partial charge in [0.25, 0.3) is 0 Å². The van der Waals surface area contributed by atoms with Crippen LogP contribution in [-0.2, 0) is 6.42 Å². The molecule has 0 saturated carbocycles. The van der Waals surface area contributed by atoms with E-state index in [0.717, 1.165) is 10.9 Å². The van der Waals surface area contributed by atoms with E-state index in [0.29, 0.717) is 5.75 Å². The van der Waals surface area contributed by atoms with Gasteiger partial charge < -0.3 is 10.5 Å². The van der Waals surface area contributed by atoms with E-state index in [9.17, 15) is 4.79 Å². The van der Waals surface area contributed by atoms with Crippen LogP contribution in [0.25, 0.3) is 0 Å². The minimum atomic E-state index is -0.801. The van der Waals surface area contributed by atoms with Crippen molar-refractivity contribution in [2.24, 2.45) is 5.73 Å². The number of nitrogens with two attached hydrogens (primary N) is 1. The standard InChI is InChI=1S/C9H10BrNO2/c1-2-6-3-4-8(7(10)5-6)13-9(11)12/h3-5H,2H2,1H3,(H2,11,12). The fourth-order valence-corrected chi connectivity index (χ4v) is 1.46. The van der Waals surface area contributed by atoms with Crippen molar-refractivity contribution in [3.63, 3.8) is 0 Å². The number of hydrogen-bond acceptors (Lipinski definition) is 2. The van der Waals surface area contributed by atoms with Gasteiger partial charge in [0, 0.05) is 0 Å². The molecule has 1 amide bonds. The van der Waals surface area contributed by atoms with Gasteiger partial charge in [0.15, 0.2) is 0 Å². The van der Waals surface area contributed by atoms with E-state index in [1.165, 1.54) is 5.56 Å². The number of amides is 1. The highest BCUT2D eigenvalue weighted by Crippen LogP contribution is 2.25. The highest BCUT2D eigenvalue weighted by atomic mass is 79.9. The van der Waals surface area contributed by atoms with Crippen LogP contribution in [0.15, 0.2) is 22.7 Å². The zero-order valence-electron chi connectivity index (χ0n) is 7.21. The Hall–Kier alpha value is -1.03. The molecule has 0 aliphatic rings. The summed E-state index contributed by atoms with van der Waals surface area (Å²) in [5, 5.41) is 0. The van der Waals surface area contributed by atoms with Crippen molar-refractivity contribution in [1.29, 1.82) is 0 Å². The van der Waals surface area contributed by atoms with Crippen LogP contribution < -0.4 is 10.5 Å². The molecule has 3 nitrogen and oxygen atoms in total. The maximum atomic E-state index is 10.5. The molecule has 0 atom stereocenters. The number of halogens is 1. The molecule has 0 aliphatic carbocycles. The Bertz CT molecular complexity index is 325. The van der Waals surface area contributed by atoms with Crippen LogP contribution in [-0.4, -0.2) is 6.09 Å². The maximum absolute atomic E-state index is 10.5. The molecule has 0 spiro atoms. The first-order valence-electron chi connectivity index (χ1n) is 3.89. The van der Waals surface area contributed by atoms with E-state index in [-0.39, 0.29) is 0 Å². The smallest absolute Gasteiger partial charge is 0.409 e. The molecule has 0 aliphatic heterocycles. The van der Waals surface area contributed by atoms with Crippen LogP contribution in [0, 0.1) is 0 Å². The van der Waals surface area contributed by atoms with Gasteiger partial charge in [-0.3, -0.25) is 0 Å². The van der Waals surface area contributed by atoms with Crippen molar-refractivity contribution in [1.82, 2.24) is 0 Å². The molecule has 0 heterocycles. The van der Waals surface area contributed by atoms with E-state index >= 15 is 0 Å². The highest BCUT2D eigenvalue weighted by molar-refractivity contribution is 9.10. The third-order valence-corrected chi connectivity index (χ3v) is 2.23. The Morgan fingerprint density at radius 1 is 1.62 bits per heavy atom. The average Bonchev–Trinajstić information content (AvgIpc) is 2.08. The van der Waals surface area contributed by atoms with Gasteiger partial charge in [-0.25, -0.2) is 4.79 Å². The summed E-state index contributed by atoms with van der Waals surface area (Å²) in [6, 6.07) is 5.51. The summed E-state index contributed by atoms with van der Waals surface area (Å²) < 4.78 is 5.48. The molecule has 0 aromatic heterocycles.